The molecule has 2 heterocycles. The molecular weight excluding hydrogens is 312 g/mol. The van der Waals surface area contributed by atoms with Crippen molar-refractivity contribution in [2.45, 2.75) is 0 Å². The van der Waals surface area contributed by atoms with Gasteiger partial charge in [0, 0.05) is 25.0 Å². The van der Waals surface area contributed by atoms with E-state index in [1.54, 1.807) is 36.3 Å². The van der Waals surface area contributed by atoms with E-state index in [0.29, 0.717) is 37.7 Å². The molecule has 0 atom stereocenters. The number of aromatic nitrogens is 2. The zero-order valence-electron chi connectivity index (χ0n) is 13.3. The number of amides is 2. The maximum Gasteiger partial charge on any atom is 0.346 e. The minimum atomic E-state index is -0.443. The van der Waals surface area contributed by atoms with Gasteiger partial charge in [-0.25, -0.2) is 4.79 Å². The molecule has 24 heavy (non-hydrogen) atoms. The Hall–Kier alpha value is -2.87. The molecule has 1 saturated heterocycles. The number of benzene rings is 1. The molecule has 1 fully saturated rings. The standard InChI is InChI=1S/C16H18N4O4/c1-23-13-4-2-12(3-5-13)17-16(22)20-7-6-14(18-20)15(21)19-8-10-24-11-9-19/h2-7H,8-11H2,1H3,(H,17,22). The van der Waals surface area contributed by atoms with Gasteiger partial charge in [-0.1, -0.05) is 0 Å². The van der Waals surface area contributed by atoms with E-state index in [-0.39, 0.29) is 11.6 Å². The summed E-state index contributed by atoms with van der Waals surface area (Å²) in [5.41, 5.74) is 0.846. The summed E-state index contributed by atoms with van der Waals surface area (Å²) >= 11 is 0. The van der Waals surface area contributed by atoms with Gasteiger partial charge in [0.25, 0.3) is 5.91 Å². The first-order valence-electron chi connectivity index (χ1n) is 7.55. The Morgan fingerprint density at radius 2 is 1.88 bits per heavy atom. The van der Waals surface area contributed by atoms with Crippen molar-refractivity contribution in [3.8, 4) is 5.75 Å². The van der Waals surface area contributed by atoms with Crippen LogP contribution >= 0.6 is 0 Å². The fourth-order valence-corrected chi connectivity index (χ4v) is 2.33. The normalized spacial score (nSPS) is 14.3. The van der Waals surface area contributed by atoms with Gasteiger partial charge in [0.2, 0.25) is 0 Å². The Morgan fingerprint density at radius 3 is 2.54 bits per heavy atom. The van der Waals surface area contributed by atoms with Gasteiger partial charge >= 0.3 is 6.03 Å². The second kappa shape index (κ2) is 7.14. The zero-order valence-corrected chi connectivity index (χ0v) is 13.3. The van der Waals surface area contributed by atoms with Crippen LogP contribution in [0.3, 0.4) is 0 Å². The number of rotatable bonds is 3. The summed E-state index contributed by atoms with van der Waals surface area (Å²) < 4.78 is 11.4. The van der Waals surface area contributed by atoms with Crippen LogP contribution in [-0.4, -0.2) is 60.0 Å². The van der Waals surface area contributed by atoms with Crippen molar-refractivity contribution in [2.24, 2.45) is 0 Å². The number of carbonyl (C=O) groups is 2. The highest BCUT2D eigenvalue weighted by Crippen LogP contribution is 2.15. The SMILES string of the molecule is COc1ccc(NC(=O)n2ccc(C(=O)N3CCOCC3)n2)cc1. The van der Waals surface area contributed by atoms with Crippen LogP contribution in [0.5, 0.6) is 5.75 Å². The lowest BCUT2D eigenvalue weighted by Crippen LogP contribution is -2.41. The number of carbonyl (C=O) groups excluding carboxylic acids is 2. The third-order valence-electron chi connectivity index (χ3n) is 3.66. The number of hydrogen-bond donors (Lipinski definition) is 1. The highest BCUT2D eigenvalue weighted by molar-refractivity contribution is 5.94. The number of hydrogen-bond acceptors (Lipinski definition) is 5. The second-order valence-electron chi connectivity index (χ2n) is 5.21. The van der Waals surface area contributed by atoms with Crippen LogP contribution in [0.1, 0.15) is 10.5 Å². The molecule has 0 bridgehead atoms. The minimum Gasteiger partial charge on any atom is -0.497 e. The van der Waals surface area contributed by atoms with Crippen LogP contribution in [-0.2, 0) is 4.74 Å². The first-order chi connectivity index (χ1) is 11.7. The lowest BCUT2D eigenvalue weighted by molar-refractivity contribution is 0.0298. The first kappa shape index (κ1) is 16.0. The highest BCUT2D eigenvalue weighted by Gasteiger charge is 2.21. The van der Waals surface area contributed by atoms with E-state index in [1.807, 2.05) is 0 Å². The Morgan fingerprint density at radius 1 is 1.17 bits per heavy atom. The maximum absolute atomic E-state index is 12.3. The molecule has 0 spiro atoms. The van der Waals surface area contributed by atoms with Gasteiger partial charge in [-0.3, -0.25) is 4.79 Å². The van der Waals surface area contributed by atoms with E-state index in [9.17, 15) is 9.59 Å². The molecule has 2 aromatic rings. The summed E-state index contributed by atoms with van der Waals surface area (Å²) in [5, 5.41) is 6.77. The van der Waals surface area contributed by atoms with Crippen LogP contribution in [0.15, 0.2) is 36.5 Å². The van der Waals surface area contributed by atoms with Gasteiger partial charge in [0.15, 0.2) is 5.69 Å². The summed E-state index contributed by atoms with van der Waals surface area (Å²) in [7, 11) is 1.57. The number of morpholine rings is 1. The van der Waals surface area contributed by atoms with Crippen molar-refractivity contribution in [2.75, 3.05) is 38.7 Å². The minimum absolute atomic E-state index is 0.200. The van der Waals surface area contributed by atoms with Gasteiger partial charge in [-0.2, -0.15) is 9.78 Å². The highest BCUT2D eigenvalue weighted by atomic mass is 16.5. The Labute approximate surface area is 139 Å². The Bertz CT molecular complexity index is 720. The lowest BCUT2D eigenvalue weighted by Gasteiger charge is -2.25. The number of ether oxygens (including phenoxy) is 2. The molecule has 8 nitrogen and oxygen atoms in total. The largest absolute Gasteiger partial charge is 0.497 e. The Balaban J connectivity index is 1.65. The molecule has 126 valence electrons. The van der Waals surface area contributed by atoms with Gasteiger partial charge in [-0.05, 0) is 30.3 Å². The van der Waals surface area contributed by atoms with Gasteiger partial charge in [0.05, 0.1) is 20.3 Å². The van der Waals surface area contributed by atoms with E-state index in [2.05, 4.69) is 10.4 Å². The topological polar surface area (TPSA) is 85.7 Å². The monoisotopic (exact) mass is 330 g/mol. The molecule has 0 unspecified atom stereocenters. The second-order valence-corrected chi connectivity index (χ2v) is 5.21. The van der Waals surface area contributed by atoms with E-state index < -0.39 is 6.03 Å². The summed E-state index contributed by atoms with van der Waals surface area (Å²) in [4.78, 5) is 26.2. The van der Waals surface area contributed by atoms with Crippen LogP contribution < -0.4 is 10.1 Å². The van der Waals surface area contributed by atoms with Crippen molar-refractivity contribution >= 4 is 17.6 Å². The maximum atomic E-state index is 12.3. The third kappa shape index (κ3) is 3.54. The molecular formula is C16H18N4O4. The zero-order chi connectivity index (χ0) is 16.9. The average Bonchev–Trinajstić information content (AvgIpc) is 3.13. The summed E-state index contributed by atoms with van der Waals surface area (Å²) in [6.45, 7) is 2.10. The van der Waals surface area contributed by atoms with Gasteiger partial charge in [0.1, 0.15) is 5.75 Å². The fraction of sp³-hybridized carbons (Fsp3) is 0.312. The number of methoxy groups -OCH3 is 1. The van der Waals surface area contributed by atoms with Crippen molar-refractivity contribution < 1.29 is 19.1 Å². The summed E-state index contributed by atoms with van der Waals surface area (Å²) in [6, 6.07) is 8.02. The molecule has 1 aromatic carbocycles. The van der Waals surface area contributed by atoms with Gasteiger partial charge < -0.3 is 19.7 Å². The van der Waals surface area contributed by atoms with Crippen LogP contribution in [0.2, 0.25) is 0 Å². The summed E-state index contributed by atoms with van der Waals surface area (Å²) in [5.74, 6) is 0.500. The number of nitrogens with one attached hydrogen (secondary N) is 1. The summed E-state index contributed by atoms with van der Waals surface area (Å²) in [6.07, 6.45) is 1.46. The van der Waals surface area contributed by atoms with E-state index in [0.717, 1.165) is 4.68 Å². The molecule has 1 aliphatic heterocycles. The van der Waals surface area contributed by atoms with Crippen LogP contribution in [0.4, 0.5) is 10.5 Å². The van der Waals surface area contributed by atoms with E-state index >= 15 is 0 Å². The molecule has 2 amide bonds. The molecule has 0 radical (unpaired) electrons. The molecule has 3 rings (SSSR count). The fourth-order valence-electron chi connectivity index (χ4n) is 2.33. The molecule has 0 aliphatic carbocycles. The first-order valence-corrected chi connectivity index (χ1v) is 7.55. The lowest BCUT2D eigenvalue weighted by atomic mass is 10.3. The molecule has 1 N–H and O–H groups in total. The third-order valence-corrected chi connectivity index (χ3v) is 3.66. The molecule has 0 saturated carbocycles. The van der Waals surface area contributed by atoms with Crippen molar-refractivity contribution in [1.82, 2.24) is 14.7 Å². The van der Waals surface area contributed by atoms with E-state index in [1.165, 1.54) is 12.3 Å². The number of nitrogens with zero attached hydrogens (tertiary/aromatic N) is 3. The smallest absolute Gasteiger partial charge is 0.346 e. The Kier molecular flexibility index (Phi) is 4.76. The molecule has 1 aliphatic rings. The van der Waals surface area contributed by atoms with Crippen molar-refractivity contribution in [3.63, 3.8) is 0 Å². The quantitative estimate of drug-likeness (QED) is 0.920. The molecule has 8 heteroatoms. The average molecular weight is 330 g/mol. The van der Waals surface area contributed by atoms with Crippen molar-refractivity contribution in [1.29, 1.82) is 0 Å². The van der Waals surface area contributed by atoms with Gasteiger partial charge in [-0.15, -0.1) is 0 Å². The van der Waals surface area contributed by atoms with Crippen LogP contribution in [0.25, 0.3) is 0 Å². The van der Waals surface area contributed by atoms with Crippen molar-refractivity contribution in [3.05, 3.63) is 42.2 Å². The number of anilines is 1. The predicted octanol–water partition coefficient (Wildman–Crippen LogP) is 1.44. The predicted molar refractivity (Wildman–Crippen MR) is 86.4 cm³/mol. The molecule has 1 aromatic heterocycles. The van der Waals surface area contributed by atoms with E-state index in [4.69, 9.17) is 9.47 Å². The van der Waals surface area contributed by atoms with Crippen LogP contribution in [0, 0.1) is 0 Å².